The van der Waals surface area contributed by atoms with Crippen molar-refractivity contribution < 1.29 is 13.9 Å². The molecule has 0 aliphatic carbocycles. The summed E-state index contributed by atoms with van der Waals surface area (Å²) in [7, 11) is 1.53. The summed E-state index contributed by atoms with van der Waals surface area (Å²) >= 11 is 2.03. The van der Waals surface area contributed by atoms with Gasteiger partial charge in [0.25, 0.3) is 5.91 Å². The monoisotopic (exact) mass is 402 g/mol. The first kappa shape index (κ1) is 19.3. The predicted octanol–water partition coefficient (Wildman–Crippen LogP) is 2.85. The summed E-state index contributed by atoms with van der Waals surface area (Å²) in [6.45, 7) is 3.21. The lowest BCUT2D eigenvalue weighted by molar-refractivity contribution is 0.0753. The number of methoxy groups -OCH3 is 1. The Labute approximate surface area is 168 Å². The van der Waals surface area contributed by atoms with Crippen LogP contribution in [0.2, 0.25) is 0 Å². The fraction of sp³-hybridized carbons (Fsp3) is 0.524. The molecule has 28 heavy (non-hydrogen) atoms. The average Bonchev–Trinajstić information content (AvgIpc) is 2.99. The summed E-state index contributed by atoms with van der Waals surface area (Å²) in [5, 5.41) is 0.693. The highest BCUT2D eigenvalue weighted by atomic mass is 32.2. The molecule has 0 spiro atoms. The molecule has 0 radical (unpaired) electrons. The second-order valence-corrected chi connectivity index (χ2v) is 8.58. The fourth-order valence-electron chi connectivity index (χ4n) is 4.15. The minimum absolute atomic E-state index is 0.100. The number of ether oxygens (including phenoxy) is 1. The molecular formula is C21H26N2O4S. The number of hydrogen-bond acceptors (Lipinski definition) is 6. The van der Waals surface area contributed by atoms with Gasteiger partial charge in [-0.15, -0.1) is 0 Å². The normalized spacial score (nSPS) is 19.5. The van der Waals surface area contributed by atoms with Gasteiger partial charge in [0.15, 0.2) is 11.3 Å². The number of benzene rings is 1. The standard InChI is InChI=1S/C21H26N2O4S/c1-26-18-5-2-4-15-14-17(21(25)27-19(15)18)20(24)23-9-3-8-22(10-11-23)16-6-12-28-13-7-16/h2,4-5,14,16H,3,6-13H2,1H3. The molecule has 1 aromatic carbocycles. The quantitative estimate of drug-likeness (QED) is 0.736. The highest BCUT2D eigenvalue weighted by Gasteiger charge is 2.27. The van der Waals surface area contributed by atoms with Crippen LogP contribution >= 0.6 is 11.8 Å². The van der Waals surface area contributed by atoms with Gasteiger partial charge in [0.05, 0.1) is 7.11 Å². The summed E-state index contributed by atoms with van der Waals surface area (Å²) in [5.74, 6) is 2.71. The van der Waals surface area contributed by atoms with Crippen molar-refractivity contribution in [2.75, 3.05) is 44.8 Å². The lowest BCUT2D eigenvalue weighted by atomic mass is 10.1. The molecule has 7 heteroatoms. The topological polar surface area (TPSA) is 63.0 Å². The summed E-state index contributed by atoms with van der Waals surface area (Å²) in [5.41, 5.74) is -0.126. The molecule has 2 aromatic rings. The van der Waals surface area contributed by atoms with Crippen LogP contribution in [0.5, 0.6) is 5.75 Å². The Kier molecular flexibility index (Phi) is 5.92. The van der Waals surface area contributed by atoms with E-state index in [9.17, 15) is 9.59 Å². The third-order valence-electron chi connectivity index (χ3n) is 5.70. The second-order valence-electron chi connectivity index (χ2n) is 7.35. The lowest BCUT2D eigenvalue weighted by Gasteiger charge is -2.33. The first-order chi connectivity index (χ1) is 13.7. The van der Waals surface area contributed by atoms with E-state index in [1.807, 2.05) is 23.9 Å². The molecule has 1 amide bonds. The molecule has 1 aromatic heterocycles. The number of rotatable bonds is 3. The van der Waals surface area contributed by atoms with Crippen LogP contribution in [0.1, 0.15) is 29.6 Å². The second kappa shape index (κ2) is 8.57. The first-order valence-electron chi connectivity index (χ1n) is 9.89. The van der Waals surface area contributed by atoms with E-state index >= 15 is 0 Å². The van der Waals surface area contributed by atoms with Crippen LogP contribution in [0.15, 0.2) is 33.5 Å². The number of carbonyl (C=O) groups is 1. The molecule has 2 fully saturated rings. The molecule has 2 saturated heterocycles. The Balaban J connectivity index is 1.52. The van der Waals surface area contributed by atoms with Gasteiger partial charge in [-0.3, -0.25) is 9.69 Å². The van der Waals surface area contributed by atoms with Crippen molar-refractivity contribution in [1.82, 2.24) is 9.80 Å². The zero-order valence-corrected chi connectivity index (χ0v) is 17.0. The summed E-state index contributed by atoms with van der Waals surface area (Å²) < 4.78 is 10.7. The highest BCUT2D eigenvalue weighted by molar-refractivity contribution is 7.99. The third-order valence-corrected chi connectivity index (χ3v) is 6.75. The molecule has 3 heterocycles. The maximum Gasteiger partial charge on any atom is 0.349 e. The zero-order chi connectivity index (χ0) is 19.5. The fourth-order valence-corrected chi connectivity index (χ4v) is 5.24. The molecule has 4 rings (SSSR count). The lowest BCUT2D eigenvalue weighted by Crippen LogP contribution is -2.41. The van der Waals surface area contributed by atoms with Crippen LogP contribution in [0.4, 0.5) is 0 Å². The number of hydrogen-bond donors (Lipinski definition) is 0. The Morgan fingerprint density at radius 2 is 2.00 bits per heavy atom. The minimum Gasteiger partial charge on any atom is -0.493 e. The minimum atomic E-state index is -0.604. The predicted molar refractivity (Wildman–Crippen MR) is 111 cm³/mol. The van der Waals surface area contributed by atoms with E-state index in [-0.39, 0.29) is 11.5 Å². The number of carbonyl (C=O) groups excluding carboxylic acids is 1. The van der Waals surface area contributed by atoms with Gasteiger partial charge in [-0.1, -0.05) is 12.1 Å². The number of para-hydroxylation sites is 1. The van der Waals surface area contributed by atoms with Gasteiger partial charge in [0.1, 0.15) is 5.56 Å². The van der Waals surface area contributed by atoms with Gasteiger partial charge in [0.2, 0.25) is 0 Å². The van der Waals surface area contributed by atoms with E-state index < -0.39 is 5.63 Å². The first-order valence-corrected chi connectivity index (χ1v) is 11.0. The van der Waals surface area contributed by atoms with Crippen molar-refractivity contribution in [2.45, 2.75) is 25.3 Å². The van der Waals surface area contributed by atoms with Crippen LogP contribution in [0.25, 0.3) is 11.0 Å². The molecule has 2 aliphatic heterocycles. The Morgan fingerprint density at radius 3 is 2.79 bits per heavy atom. The Morgan fingerprint density at radius 1 is 1.18 bits per heavy atom. The van der Waals surface area contributed by atoms with E-state index in [1.165, 1.54) is 31.5 Å². The number of thioether (sulfide) groups is 1. The number of fused-ring (bicyclic) bond motifs is 1. The van der Waals surface area contributed by atoms with Gasteiger partial charge in [-0.05, 0) is 42.9 Å². The molecule has 0 unspecified atom stereocenters. The van der Waals surface area contributed by atoms with Crippen molar-refractivity contribution in [2.24, 2.45) is 0 Å². The molecular weight excluding hydrogens is 376 g/mol. The smallest absolute Gasteiger partial charge is 0.349 e. The maximum absolute atomic E-state index is 13.1. The van der Waals surface area contributed by atoms with Crippen LogP contribution in [-0.4, -0.2) is 66.5 Å². The number of nitrogens with zero attached hydrogens (tertiary/aromatic N) is 2. The molecule has 0 N–H and O–H groups in total. The van der Waals surface area contributed by atoms with Crippen LogP contribution < -0.4 is 10.4 Å². The van der Waals surface area contributed by atoms with Crippen molar-refractivity contribution in [1.29, 1.82) is 0 Å². The van der Waals surface area contributed by atoms with Crippen molar-refractivity contribution in [3.63, 3.8) is 0 Å². The molecule has 0 bridgehead atoms. The summed E-state index contributed by atoms with van der Waals surface area (Å²) in [4.78, 5) is 29.9. The van der Waals surface area contributed by atoms with Crippen LogP contribution in [0, 0.1) is 0 Å². The molecule has 150 valence electrons. The highest BCUT2D eigenvalue weighted by Crippen LogP contribution is 2.25. The van der Waals surface area contributed by atoms with Gasteiger partial charge in [0, 0.05) is 37.6 Å². The van der Waals surface area contributed by atoms with E-state index in [0.29, 0.717) is 35.9 Å². The van der Waals surface area contributed by atoms with E-state index in [2.05, 4.69) is 4.90 Å². The molecule has 6 nitrogen and oxygen atoms in total. The molecule has 0 atom stereocenters. The average molecular weight is 403 g/mol. The van der Waals surface area contributed by atoms with E-state index in [0.717, 1.165) is 19.5 Å². The largest absolute Gasteiger partial charge is 0.493 e. The van der Waals surface area contributed by atoms with Crippen molar-refractivity contribution in [3.8, 4) is 5.75 Å². The van der Waals surface area contributed by atoms with Crippen molar-refractivity contribution in [3.05, 3.63) is 40.2 Å². The van der Waals surface area contributed by atoms with Crippen LogP contribution in [0.3, 0.4) is 0 Å². The Hall–Kier alpha value is -1.99. The van der Waals surface area contributed by atoms with Crippen LogP contribution in [-0.2, 0) is 0 Å². The molecule has 2 aliphatic rings. The zero-order valence-electron chi connectivity index (χ0n) is 16.2. The van der Waals surface area contributed by atoms with Gasteiger partial charge in [-0.2, -0.15) is 11.8 Å². The third kappa shape index (κ3) is 3.91. The van der Waals surface area contributed by atoms with E-state index in [4.69, 9.17) is 9.15 Å². The number of amides is 1. The van der Waals surface area contributed by atoms with Gasteiger partial charge in [-0.25, -0.2) is 4.79 Å². The maximum atomic E-state index is 13.1. The summed E-state index contributed by atoms with van der Waals surface area (Å²) in [6.07, 6.45) is 3.39. The molecule has 0 saturated carbocycles. The summed E-state index contributed by atoms with van der Waals surface area (Å²) in [6, 6.07) is 7.65. The van der Waals surface area contributed by atoms with Gasteiger partial charge >= 0.3 is 5.63 Å². The van der Waals surface area contributed by atoms with Crippen molar-refractivity contribution >= 4 is 28.6 Å². The van der Waals surface area contributed by atoms with Gasteiger partial charge < -0.3 is 14.1 Å². The Bertz CT molecular complexity index is 907. The SMILES string of the molecule is COc1cccc2cc(C(=O)N3CCCN(C4CCSCC4)CC3)c(=O)oc12. The van der Waals surface area contributed by atoms with E-state index in [1.54, 1.807) is 17.0 Å².